The molecular formula is C17H9Cl5FN3O2S2. The van der Waals surface area contributed by atoms with Gasteiger partial charge in [0.25, 0.3) is 5.91 Å². The largest absolute Gasteiger partial charge is 0.481 e. The molecule has 1 aromatic heterocycles. The average molecular weight is 548 g/mol. The van der Waals surface area contributed by atoms with E-state index in [0.717, 1.165) is 11.3 Å². The molecule has 13 heteroatoms. The SMILES string of the molecule is O=C(COc1c(Cl)c(Cl)c(Cl)c(Cl)c1Cl)Nc1nnc(SCc2ccccc2F)s1. The summed E-state index contributed by atoms with van der Waals surface area (Å²) in [4.78, 5) is 12.1. The fraction of sp³-hybridized carbons (Fsp3) is 0.118. The summed E-state index contributed by atoms with van der Waals surface area (Å²) in [5.74, 6) is -0.509. The van der Waals surface area contributed by atoms with Crippen LogP contribution in [0.15, 0.2) is 28.6 Å². The Balaban J connectivity index is 1.57. The minimum absolute atomic E-state index is 0.0144. The summed E-state index contributed by atoms with van der Waals surface area (Å²) >= 11 is 32.4. The standard InChI is InChI=1S/C17H9Cl5FN3O2S2/c18-10-11(19)13(21)15(14(22)12(10)20)28-5-9(27)24-16-25-26-17(30-16)29-6-7-3-1-2-4-8(7)23/h1-4H,5-6H2,(H,24,25,27). The summed E-state index contributed by atoms with van der Waals surface area (Å²) in [5, 5.41) is 10.4. The zero-order valence-electron chi connectivity index (χ0n) is 14.5. The topological polar surface area (TPSA) is 64.1 Å². The number of aromatic nitrogens is 2. The maximum Gasteiger partial charge on any atom is 0.264 e. The first kappa shape index (κ1) is 23.7. The highest BCUT2D eigenvalue weighted by atomic mass is 35.5. The smallest absolute Gasteiger partial charge is 0.264 e. The molecule has 0 saturated carbocycles. The summed E-state index contributed by atoms with van der Waals surface area (Å²) in [6.07, 6.45) is 0. The second kappa shape index (κ2) is 10.5. The first-order valence-electron chi connectivity index (χ1n) is 7.91. The van der Waals surface area contributed by atoms with E-state index in [-0.39, 0.29) is 41.8 Å². The second-order valence-corrected chi connectivity index (χ2v) is 9.58. The van der Waals surface area contributed by atoms with Gasteiger partial charge in [-0.3, -0.25) is 10.1 Å². The highest BCUT2D eigenvalue weighted by Gasteiger charge is 2.21. The van der Waals surface area contributed by atoms with Crippen LogP contribution in [0.2, 0.25) is 25.1 Å². The number of carbonyl (C=O) groups excluding carboxylic acids is 1. The third-order valence-electron chi connectivity index (χ3n) is 3.48. The van der Waals surface area contributed by atoms with E-state index >= 15 is 0 Å². The molecule has 0 aliphatic carbocycles. The molecule has 0 unspecified atom stereocenters. The summed E-state index contributed by atoms with van der Waals surface area (Å²) < 4.78 is 19.6. The van der Waals surface area contributed by atoms with Crippen molar-refractivity contribution < 1.29 is 13.9 Å². The van der Waals surface area contributed by atoms with Crippen LogP contribution in [0.4, 0.5) is 9.52 Å². The molecule has 0 fully saturated rings. The van der Waals surface area contributed by atoms with E-state index in [1.807, 2.05) is 0 Å². The van der Waals surface area contributed by atoms with Gasteiger partial charge in [-0.1, -0.05) is 99.3 Å². The lowest BCUT2D eigenvalue weighted by molar-refractivity contribution is -0.118. The molecule has 5 nitrogen and oxygen atoms in total. The average Bonchev–Trinajstić information content (AvgIpc) is 3.17. The molecule has 30 heavy (non-hydrogen) atoms. The van der Waals surface area contributed by atoms with Gasteiger partial charge in [-0.2, -0.15) is 0 Å². The monoisotopic (exact) mass is 545 g/mol. The highest BCUT2D eigenvalue weighted by molar-refractivity contribution is 8.00. The molecule has 0 atom stereocenters. The van der Waals surface area contributed by atoms with Crippen LogP contribution in [0.5, 0.6) is 5.75 Å². The molecule has 0 aliphatic heterocycles. The van der Waals surface area contributed by atoms with Crippen LogP contribution in [-0.4, -0.2) is 22.7 Å². The number of thioether (sulfide) groups is 1. The van der Waals surface area contributed by atoms with E-state index in [4.69, 9.17) is 62.7 Å². The van der Waals surface area contributed by atoms with Crippen molar-refractivity contribution in [3.63, 3.8) is 0 Å². The molecule has 1 amide bonds. The van der Waals surface area contributed by atoms with Crippen molar-refractivity contribution >= 4 is 92.1 Å². The van der Waals surface area contributed by atoms with Crippen molar-refractivity contribution in [1.82, 2.24) is 10.2 Å². The van der Waals surface area contributed by atoms with Gasteiger partial charge in [-0.15, -0.1) is 10.2 Å². The van der Waals surface area contributed by atoms with Gasteiger partial charge in [0.2, 0.25) is 5.13 Å². The molecule has 3 rings (SSSR count). The molecule has 0 aliphatic rings. The third kappa shape index (κ3) is 5.62. The van der Waals surface area contributed by atoms with Gasteiger partial charge in [0.1, 0.15) is 15.9 Å². The van der Waals surface area contributed by atoms with E-state index in [2.05, 4.69) is 15.5 Å². The fourth-order valence-electron chi connectivity index (χ4n) is 2.08. The summed E-state index contributed by atoms with van der Waals surface area (Å²) in [7, 11) is 0. The number of ether oxygens (including phenoxy) is 1. The first-order chi connectivity index (χ1) is 14.3. The second-order valence-electron chi connectivity index (χ2n) is 5.49. The van der Waals surface area contributed by atoms with Crippen molar-refractivity contribution in [2.24, 2.45) is 0 Å². The van der Waals surface area contributed by atoms with E-state index in [0.29, 0.717) is 15.7 Å². The maximum absolute atomic E-state index is 13.7. The van der Waals surface area contributed by atoms with Gasteiger partial charge in [0, 0.05) is 5.75 Å². The minimum atomic E-state index is -0.536. The number of hydrogen-bond donors (Lipinski definition) is 1. The molecular weight excluding hydrogens is 539 g/mol. The van der Waals surface area contributed by atoms with Crippen molar-refractivity contribution in [3.8, 4) is 5.75 Å². The lowest BCUT2D eigenvalue weighted by atomic mass is 10.2. The molecule has 0 radical (unpaired) electrons. The van der Waals surface area contributed by atoms with Crippen LogP contribution in [0, 0.1) is 5.82 Å². The number of halogens is 6. The Kier molecular flexibility index (Phi) is 8.31. The van der Waals surface area contributed by atoms with E-state index in [9.17, 15) is 9.18 Å². The fourth-order valence-corrected chi connectivity index (χ4v) is 5.06. The van der Waals surface area contributed by atoms with Gasteiger partial charge < -0.3 is 4.74 Å². The quantitative estimate of drug-likeness (QED) is 0.146. The zero-order chi connectivity index (χ0) is 21.8. The third-order valence-corrected chi connectivity index (χ3v) is 7.74. The van der Waals surface area contributed by atoms with Gasteiger partial charge >= 0.3 is 0 Å². The van der Waals surface area contributed by atoms with E-state index in [1.54, 1.807) is 18.2 Å². The van der Waals surface area contributed by atoms with E-state index in [1.165, 1.54) is 17.8 Å². The number of hydrogen-bond acceptors (Lipinski definition) is 6. The van der Waals surface area contributed by atoms with Crippen molar-refractivity contribution in [3.05, 3.63) is 60.8 Å². The van der Waals surface area contributed by atoms with Gasteiger partial charge in [0.05, 0.1) is 15.1 Å². The number of benzene rings is 2. The predicted molar refractivity (Wildman–Crippen MR) is 121 cm³/mol. The Morgan fingerprint density at radius 2 is 1.67 bits per heavy atom. The number of carbonyl (C=O) groups is 1. The van der Waals surface area contributed by atoms with Crippen LogP contribution in [0.25, 0.3) is 0 Å². The Labute approximate surface area is 203 Å². The molecule has 2 aromatic carbocycles. The lowest BCUT2D eigenvalue weighted by Gasteiger charge is -2.13. The van der Waals surface area contributed by atoms with Crippen molar-refractivity contribution in [2.75, 3.05) is 11.9 Å². The first-order valence-corrected chi connectivity index (χ1v) is 11.6. The summed E-state index contributed by atoms with van der Waals surface area (Å²) in [6.45, 7) is -0.439. The molecule has 158 valence electrons. The van der Waals surface area contributed by atoms with Gasteiger partial charge in [0.15, 0.2) is 16.7 Å². The van der Waals surface area contributed by atoms with E-state index < -0.39 is 12.5 Å². The number of anilines is 1. The molecule has 1 N–H and O–H groups in total. The number of rotatable bonds is 7. The molecule has 0 spiro atoms. The van der Waals surface area contributed by atoms with Crippen LogP contribution < -0.4 is 10.1 Å². The Morgan fingerprint density at radius 3 is 2.33 bits per heavy atom. The molecule has 0 saturated heterocycles. The Morgan fingerprint density at radius 1 is 1.03 bits per heavy atom. The Bertz CT molecular complexity index is 1070. The zero-order valence-corrected chi connectivity index (χ0v) is 19.9. The predicted octanol–water partition coefficient (Wildman–Crippen LogP) is 7.25. The summed E-state index contributed by atoms with van der Waals surface area (Å²) in [6, 6.07) is 6.46. The van der Waals surface area contributed by atoms with Crippen molar-refractivity contribution in [1.29, 1.82) is 0 Å². The molecule has 0 bridgehead atoms. The van der Waals surface area contributed by atoms with Crippen molar-refractivity contribution in [2.45, 2.75) is 10.1 Å². The van der Waals surface area contributed by atoms with Crippen LogP contribution in [0.1, 0.15) is 5.56 Å². The number of nitrogens with one attached hydrogen (secondary N) is 1. The number of amides is 1. The molecule has 1 heterocycles. The van der Waals surface area contributed by atoms with Gasteiger partial charge in [-0.05, 0) is 11.6 Å². The van der Waals surface area contributed by atoms with Crippen LogP contribution in [-0.2, 0) is 10.5 Å². The maximum atomic E-state index is 13.7. The Hall–Kier alpha value is -1.00. The number of nitrogens with zero attached hydrogens (tertiary/aromatic N) is 2. The van der Waals surface area contributed by atoms with Crippen LogP contribution in [0.3, 0.4) is 0 Å². The normalized spacial score (nSPS) is 10.9. The minimum Gasteiger partial charge on any atom is -0.481 e. The molecule has 3 aromatic rings. The van der Waals surface area contributed by atoms with Crippen LogP contribution >= 0.6 is 81.1 Å². The van der Waals surface area contributed by atoms with Gasteiger partial charge in [-0.25, -0.2) is 4.39 Å². The lowest BCUT2D eigenvalue weighted by Crippen LogP contribution is -2.20. The highest BCUT2D eigenvalue weighted by Crippen LogP contribution is 2.48. The summed E-state index contributed by atoms with van der Waals surface area (Å²) in [5.41, 5.74) is 0.547.